The van der Waals surface area contributed by atoms with Gasteiger partial charge in [-0.3, -0.25) is 0 Å². The molecule has 1 rings (SSSR count). The Morgan fingerprint density at radius 1 is 1.43 bits per heavy atom. The molecule has 0 aliphatic heterocycles. The molecule has 0 saturated heterocycles. The van der Waals surface area contributed by atoms with Crippen LogP contribution in [-0.2, 0) is 6.61 Å². The topological polar surface area (TPSA) is 38.7 Å². The molecule has 1 aromatic rings. The first-order valence-corrected chi connectivity index (χ1v) is 3.90. The number of aliphatic hydroxyl groups is 1. The van der Waals surface area contributed by atoms with Gasteiger partial charge in [-0.05, 0) is 18.2 Å². The van der Waals surface area contributed by atoms with Crippen molar-refractivity contribution in [3.63, 3.8) is 0 Å². The number of benzene rings is 1. The molecule has 0 radical (unpaired) electrons. The van der Waals surface area contributed by atoms with Gasteiger partial charge in [0.25, 0.3) is 0 Å². The van der Waals surface area contributed by atoms with Crippen LogP contribution in [0.4, 0.5) is 8.78 Å². The van der Waals surface area contributed by atoms with Crippen LogP contribution in [0.3, 0.4) is 0 Å². The predicted octanol–water partition coefficient (Wildman–Crippen LogP) is 1.79. The summed E-state index contributed by atoms with van der Waals surface area (Å²) in [4.78, 5) is 0. The molecule has 0 aromatic heterocycles. The molecule has 1 N–H and O–H groups in total. The summed E-state index contributed by atoms with van der Waals surface area (Å²) in [5.74, 6) is 0.443. The van der Waals surface area contributed by atoms with E-state index in [9.17, 15) is 8.78 Å². The Balaban J connectivity index is 2.93. The van der Waals surface area contributed by atoms with E-state index in [2.05, 4.69) is 4.74 Å². The van der Waals surface area contributed by atoms with Crippen LogP contribution in [0, 0.1) is 0 Å². The van der Waals surface area contributed by atoms with Crippen LogP contribution < -0.4 is 9.47 Å². The van der Waals surface area contributed by atoms with Crippen molar-refractivity contribution in [2.45, 2.75) is 13.2 Å². The summed E-state index contributed by atoms with van der Waals surface area (Å²) in [6.45, 7) is -3.27. The van der Waals surface area contributed by atoms with Gasteiger partial charge in [-0.25, -0.2) is 0 Å². The standard InChI is InChI=1S/C9H10F2O3/c1-13-7-2-3-8(14-9(10)11)6(4-7)5-12/h2-4,9,12H,5H2,1H3. The number of rotatable bonds is 4. The van der Waals surface area contributed by atoms with Gasteiger partial charge in [0.1, 0.15) is 11.5 Å². The normalized spacial score (nSPS) is 10.4. The van der Waals surface area contributed by atoms with E-state index in [0.29, 0.717) is 5.75 Å². The van der Waals surface area contributed by atoms with E-state index in [1.54, 1.807) is 0 Å². The van der Waals surface area contributed by atoms with Gasteiger partial charge >= 0.3 is 6.61 Å². The summed E-state index contributed by atoms with van der Waals surface area (Å²) < 4.78 is 32.8. The number of halogens is 2. The van der Waals surface area contributed by atoms with Crippen LogP contribution >= 0.6 is 0 Å². The van der Waals surface area contributed by atoms with Gasteiger partial charge in [0, 0.05) is 5.56 Å². The van der Waals surface area contributed by atoms with Crippen molar-refractivity contribution in [1.29, 1.82) is 0 Å². The Hall–Kier alpha value is -1.36. The molecule has 14 heavy (non-hydrogen) atoms. The van der Waals surface area contributed by atoms with Gasteiger partial charge in [0.2, 0.25) is 0 Å². The van der Waals surface area contributed by atoms with Crippen molar-refractivity contribution in [2.75, 3.05) is 7.11 Å². The molecular weight excluding hydrogens is 194 g/mol. The lowest BCUT2D eigenvalue weighted by molar-refractivity contribution is -0.0509. The molecule has 3 nitrogen and oxygen atoms in total. The molecule has 78 valence electrons. The fraction of sp³-hybridized carbons (Fsp3) is 0.333. The molecule has 0 heterocycles. The van der Waals surface area contributed by atoms with E-state index in [-0.39, 0.29) is 17.9 Å². The zero-order valence-electron chi connectivity index (χ0n) is 7.54. The summed E-state index contributed by atoms with van der Waals surface area (Å²) in [6.07, 6.45) is 0. The summed E-state index contributed by atoms with van der Waals surface area (Å²) in [6, 6.07) is 4.26. The van der Waals surface area contributed by atoms with Crippen molar-refractivity contribution in [2.24, 2.45) is 0 Å². The maximum atomic E-state index is 11.9. The first-order valence-electron chi connectivity index (χ1n) is 3.90. The molecule has 0 aliphatic rings. The van der Waals surface area contributed by atoms with E-state index >= 15 is 0 Å². The fourth-order valence-corrected chi connectivity index (χ4v) is 1.02. The number of hydrogen-bond acceptors (Lipinski definition) is 3. The Morgan fingerprint density at radius 2 is 2.14 bits per heavy atom. The van der Waals surface area contributed by atoms with E-state index in [1.165, 1.54) is 25.3 Å². The van der Waals surface area contributed by atoms with Gasteiger partial charge in [-0.15, -0.1) is 0 Å². The highest BCUT2D eigenvalue weighted by Gasteiger charge is 2.09. The second-order valence-corrected chi connectivity index (χ2v) is 2.51. The lowest BCUT2D eigenvalue weighted by atomic mass is 10.2. The lowest BCUT2D eigenvalue weighted by Gasteiger charge is -2.10. The molecular formula is C9H10F2O3. The molecule has 0 bridgehead atoms. The Morgan fingerprint density at radius 3 is 2.64 bits per heavy atom. The third-order valence-corrected chi connectivity index (χ3v) is 1.65. The van der Waals surface area contributed by atoms with Gasteiger partial charge < -0.3 is 14.6 Å². The van der Waals surface area contributed by atoms with Crippen molar-refractivity contribution >= 4 is 0 Å². The number of alkyl halides is 2. The van der Waals surface area contributed by atoms with Crippen LogP contribution in [-0.4, -0.2) is 18.8 Å². The SMILES string of the molecule is COc1ccc(OC(F)F)c(CO)c1. The Labute approximate surface area is 79.9 Å². The highest BCUT2D eigenvalue weighted by atomic mass is 19.3. The van der Waals surface area contributed by atoms with Crippen LogP contribution in [0.1, 0.15) is 5.56 Å². The molecule has 0 amide bonds. The number of methoxy groups -OCH3 is 1. The predicted molar refractivity (Wildman–Crippen MR) is 45.5 cm³/mol. The quantitative estimate of drug-likeness (QED) is 0.812. The molecule has 0 spiro atoms. The van der Waals surface area contributed by atoms with E-state index in [4.69, 9.17) is 9.84 Å². The number of hydrogen-bond donors (Lipinski definition) is 1. The third-order valence-electron chi connectivity index (χ3n) is 1.65. The molecule has 0 fully saturated rings. The summed E-state index contributed by atoms with van der Waals surface area (Å²) in [7, 11) is 1.45. The second kappa shape index (κ2) is 4.76. The van der Waals surface area contributed by atoms with Crippen LogP contribution in [0.2, 0.25) is 0 Å². The largest absolute Gasteiger partial charge is 0.497 e. The minimum absolute atomic E-state index is 0.0386. The van der Waals surface area contributed by atoms with E-state index in [1.807, 2.05) is 0 Å². The fourth-order valence-electron chi connectivity index (χ4n) is 1.02. The second-order valence-electron chi connectivity index (χ2n) is 2.51. The van der Waals surface area contributed by atoms with Crippen molar-refractivity contribution in [3.8, 4) is 11.5 Å². The first kappa shape index (κ1) is 10.7. The van der Waals surface area contributed by atoms with Crippen molar-refractivity contribution in [1.82, 2.24) is 0 Å². The van der Waals surface area contributed by atoms with Gasteiger partial charge in [-0.2, -0.15) is 8.78 Å². The number of ether oxygens (including phenoxy) is 2. The molecule has 1 aromatic carbocycles. The molecule has 0 aliphatic carbocycles. The molecule has 5 heteroatoms. The van der Waals surface area contributed by atoms with Crippen molar-refractivity contribution < 1.29 is 23.4 Å². The molecule has 0 saturated carbocycles. The van der Waals surface area contributed by atoms with Crippen LogP contribution in [0.5, 0.6) is 11.5 Å². The van der Waals surface area contributed by atoms with Gasteiger partial charge in [-0.1, -0.05) is 0 Å². The zero-order valence-corrected chi connectivity index (χ0v) is 7.54. The average Bonchev–Trinajstić information content (AvgIpc) is 2.17. The highest BCUT2D eigenvalue weighted by molar-refractivity contribution is 5.39. The smallest absolute Gasteiger partial charge is 0.387 e. The maximum absolute atomic E-state index is 11.9. The Kier molecular flexibility index (Phi) is 3.64. The molecule has 0 unspecified atom stereocenters. The highest BCUT2D eigenvalue weighted by Crippen LogP contribution is 2.25. The minimum Gasteiger partial charge on any atom is -0.497 e. The Bertz CT molecular complexity index is 302. The van der Waals surface area contributed by atoms with E-state index in [0.717, 1.165) is 0 Å². The van der Waals surface area contributed by atoms with E-state index < -0.39 is 6.61 Å². The summed E-state index contributed by atoms with van der Waals surface area (Å²) in [5.41, 5.74) is 0.268. The number of aliphatic hydroxyl groups excluding tert-OH is 1. The molecule has 0 atom stereocenters. The summed E-state index contributed by atoms with van der Waals surface area (Å²) >= 11 is 0. The monoisotopic (exact) mass is 204 g/mol. The first-order chi connectivity index (χ1) is 6.67. The summed E-state index contributed by atoms with van der Waals surface area (Å²) in [5, 5.41) is 8.87. The lowest BCUT2D eigenvalue weighted by Crippen LogP contribution is -2.04. The maximum Gasteiger partial charge on any atom is 0.387 e. The minimum atomic E-state index is -2.89. The van der Waals surface area contributed by atoms with Crippen LogP contribution in [0.15, 0.2) is 18.2 Å². The zero-order chi connectivity index (χ0) is 10.6. The average molecular weight is 204 g/mol. The van der Waals surface area contributed by atoms with Crippen LogP contribution in [0.25, 0.3) is 0 Å². The third kappa shape index (κ3) is 2.56. The van der Waals surface area contributed by atoms with Crippen molar-refractivity contribution in [3.05, 3.63) is 23.8 Å². The van der Waals surface area contributed by atoms with Gasteiger partial charge in [0.05, 0.1) is 13.7 Å². The van der Waals surface area contributed by atoms with Gasteiger partial charge in [0.15, 0.2) is 0 Å².